The summed E-state index contributed by atoms with van der Waals surface area (Å²) in [5.74, 6) is -0.206. The fourth-order valence-corrected chi connectivity index (χ4v) is 9.16. The molecule has 0 aliphatic carbocycles. The molecule has 0 saturated heterocycles. The summed E-state index contributed by atoms with van der Waals surface area (Å²) in [6.45, 7) is 4.63. The molecule has 0 aromatic rings. The van der Waals surface area contributed by atoms with Gasteiger partial charge < -0.3 is 28.8 Å². The van der Waals surface area contributed by atoms with E-state index in [9.17, 15) is 19.4 Å². The Kier molecular flexibility index (Phi) is 49.3. The third kappa shape index (κ3) is 52.3. The first-order valence-corrected chi connectivity index (χ1v) is 30.5. The fourth-order valence-electron chi connectivity index (χ4n) is 8.44. The highest BCUT2D eigenvalue weighted by Crippen LogP contribution is 2.38. The number of phosphoric acid groups is 1. The van der Waals surface area contributed by atoms with Gasteiger partial charge in [0.15, 0.2) is 0 Å². The molecule has 0 radical (unpaired) electrons. The van der Waals surface area contributed by atoms with Crippen LogP contribution in [-0.4, -0.2) is 68.5 Å². The van der Waals surface area contributed by atoms with Crippen LogP contribution in [0.4, 0.5) is 0 Å². The quantitative estimate of drug-likeness (QED) is 0.0272. The lowest BCUT2D eigenvalue weighted by molar-refractivity contribution is -0.870. The minimum atomic E-state index is -4.60. The lowest BCUT2D eigenvalue weighted by atomic mass is 10.0. The molecule has 0 aromatic heterocycles. The van der Waals surface area contributed by atoms with Gasteiger partial charge in [-0.25, -0.2) is 0 Å². The molecule has 0 spiro atoms. The van der Waals surface area contributed by atoms with Crippen molar-refractivity contribution in [3.8, 4) is 0 Å². The minimum absolute atomic E-state index is 0.00625. The summed E-state index contributed by atoms with van der Waals surface area (Å²) >= 11 is 0. The Hall–Kier alpha value is -1.54. The van der Waals surface area contributed by atoms with Crippen molar-refractivity contribution in [3.05, 3.63) is 48.6 Å². The number of carbonyl (C=O) groups excluding carboxylic acids is 1. The fraction of sp³-hybridized carbons (Fsp3) is 0.847. The van der Waals surface area contributed by atoms with Crippen molar-refractivity contribution in [3.63, 3.8) is 0 Å². The second kappa shape index (κ2) is 50.4. The first-order valence-electron chi connectivity index (χ1n) is 29.0. The van der Waals surface area contributed by atoms with Crippen LogP contribution in [-0.2, 0) is 18.4 Å². The number of aliphatic hydroxyl groups excluding tert-OH is 1. The number of aliphatic hydroxyl groups is 1. The zero-order valence-electron chi connectivity index (χ0n) is 45.6. The molecule has 0 heterocycles. The van der Waals surface area contributed by atoms with E-state index in [2.05, 4.69) is 55.6 Å². The first kappa shape index (κ1) is 66.5. The first-order chi connectivity index (χ1) is 33.0. The van der Waals surface area contributed by atoms with Crippen LogP contribution >= 0.6 is 7.82 Å². The number of unbranched alkanes of at least 4 members (excludes halogenated alkanes) is 34. The Bertz CT molecular complexity index is 1250. The zero-order valence-corrected chi connectivity index (χ0v) is 46.5. The molecule has 0 bridgehead atoms. The third-order valence-corrected chi connectivity index (χ3v) is 14.0. The van der Waals surface area contributed by atoms with Gasteiger partial charge in [-0.05, 0) is 64.2 Å². The number of nitrogens with zero attached hydrogens (tertiary/aromatic N) is 1. The van der Waals surface area contributed by atoms with Gasteiger partial charge in [-0.3, -0.25) is 9.36 Å². The molecule has 0 aliphatic rings. The van der Waals surface area contributed by atoms with Gasteiger partial charge in [0.05, 0.1) is 39.9 Å². The molecular formula is C59H113N2O6P. The van der Waals surface area contributed by atoms with Crippen molar-refractivity contribution in [2.45, 2.75) is 283 Å². The summed E-state index contributed by atoms with van der Waals surface area (Å²) < 4.78 is 23.3. The summed E-state index contributed by atoms with van der Waals surface area (Å²) in [5, 5.41) is 13.8. The lowest BCUT2D eigenvalue weighted by Gasteiger charge is -2.29. The van der Waals surface area contributed by atoms with Crippen molar-refractivity contribution >= 4 is 13.7 Å². The maximum atomic E-state index is 12.9. The van der Waals surface area contributed by atoms with E-state index in [0.717, 1.165) is 44.9 Å². The molecule has 68 heavy (non-hydrogen) atoms. The molecule has 0 saturated carbocycles. The Morgan fingerprint density at radius 2 is 0.868 bits per heavy atom. The van der Waals surface area contributed by atoms with Gasteiger partial charge in [0.25, 0.3) is 7.82 Å². The van der Waals surface area contributed by atoms with E-state index in [1.54, 1.807) is 6.08 Å². The normalized spacial score (nSPS) is 14.3. The van der Waals surface area contributed by atoms with Crippen molar-refractivity contribution in [2.75, 3.05) is 40.9 Å². The Labute approximate surface area is 422 Å². The van der Waals surface area contributed by atoms with Crippen LogP contribution in [0.1, 0.15) is 271 Å². The van der Waals surface area contributed by atoms with Gasteiger partial charge in [0.2, 0.25) is 5.91 Å². The molecule has 3 atom stereocenters. The summed E-state index contributed by atoms with van der Waals surface area (Å²) in [6.07, 6.45) is 66.4. The molecule has 8 nitrogen and oxygen atoms in total. The molecule has 9 heteroatoms. The minimum Gasteiger partial charge on any atom is -0.756 e. The van der Waals surface area contributed by atoms with Crippen molar-refractivity contribution < 1.29 is 32.9 Å². The summed E-state index contributed by atoms with van der Waals surface area (Å²) in [5.41, 5.74) is 0. The average Bonchev–Trinajstić information content (AvgIpc) is 3.30. The number of nitrogens with one attached hydrogen (secondary N) is 1. The number of amides is 1. The van der Waals surface area contributed by atoms with E-state index in [1.807, 2.05) is 27.2 Å². The Morgan fingerprint density at radius 1 is 0.515 bits per heavy atom. The Morgan fingerprint density at radius 3 is 1.28 bits per heavy atom. The monoisotopic (exact) mass is 977 g/mol. The molecule has 0 rings (SSSR count). The molecule has 0 fully saturated rings. The number of quaternary nitrogens is 1. The molecule has 0 aliphatic heterocycles. The van der Waals surface area contributed by atoms with Gasteiger partial charge in [-0.1, -0.05) is 249 Å². The summed E-state index contributed by atoms with van der Waals surface area (Å²) in [6, 6.07) is -0.902. The molecule has 1 amide bonds. The van der Waals surface area contributed by atoms with E-state index in [0.29, 0.717) is 17.4 Å². The van der Waals surface area contributed by atoms with Gasteiger partial charge in [0.1, 0.15) is 13.2 Å². The highest BCUT2D eigenvalue weighted by molar-refractivity contribution is 7.45. The predicted octanol–water partition coefficient (Wildman–Crippen LogP) is 16.9. The predicted molar refractivity (Wildman–Crippen MR) is 293 cm³/mol. The maximum absolute atomic E-state index is 12.9. The number of likely N-dealkylation sites (N-methyl/N-ethyl adjacent to an activating group) is 1. The lowest BCUT2D eigenvalue weighted by Crippen LogP contribution is -2.45. The second-order valence-electron chi connectivity index (χ2n) is 21.0. The number of hydrogen-bond acceptors (Lipinski definition) is 6. The van der Waals surface area contributed by atoms with Crippen LogP contribution in [0.15, 0.2) is 48.6 Å². The van der Waals surface area contributed by atoms with Gasteiger partial charge in [0, 0.05) is 6.42 Å². The van der Waals surface area contributed by atoms with Crippen LogP contribution in [0.5, 0.6) is 0 Å². The number of hydrogen-bond donors (Lipinski definition) is 2. The van der Waals surface area contributed by atoms with E-state index in [-0.39, 0.29) is 12.5 Å². The van der Waals surface area contributed by atoms with Gasteiger partial charge >= 0.3 is 0 Å². The van der Waals surface area contributed by atoms with Crippen LogP contribution < -0.4 is 10.2 Å². The molecule has 0 aromatic carbocycles. The number of rotatable bonds is 53. The van der Waals surface area contributed by atoms with E-state index >= 15 is 0 Å². The standard InChI is InChI=1S/C59H113N2O6P/c1-6-8-10-12-14-16-18-20-21-22-23-24-25-26-27-28-29-30-31-32-33-34-35-36-37-38-39-41-43-45-47-49-51-53-59(63)60-57(56-67-68(64,65)66-55-54-61(3,4)5)58(62)52-50-48-46-44-42-40-19-17-15-13-11-9-7-2/h23-24,26-27,42,44,50,52,57-58,62H,6-22,25,28-41,43,45-49,51,53-56H2,1-5H3,(H-,60,63,64,65)/b24-23-,27-26-,44-42+,52-50+. The summed E-state index contributed by atoms with van der Waals surface area (Å²) in [4.78, 5) is 25.4. The average molecular weight is 978 g/mol. The van der Waals surface area contributed by atoms with Crippen molar-refractivity contribution in [2.24, 2.45) is 0 Å². The van der Waals surface area contributed by atoms with Crippen molar-refractivity contribution in [1.82, 2.24) is 5.32 Å². The smallest absolute Gasteiger partial charge is 0.268 e. The van der Waals surface area contributed by atoms with Crippen LogP contribution in [0, 0.1) is 0 Å². The SMILES string of the molecule is CCCCCCCCC/C=C/CC/C=C/C(O)C(COP(=O)([O-])OCC[N+](C)(C)C)NC(=O)CCCCCCCCCCCCCCCCCCC/C=C\C/C=C\CCCCCCCCCCC. The van der Waals surface area contributed by atoms with E-state index in [1.165, 1.54) is 205 Å². The van der Waals surface area contributed by atoms with Crippen LogP contribution in [0.3, 0.4) is 0 Å². The number of allylic oxidation sites excluding steroid dienone is 7. The maximum Gasteiger partial charge on any atom is 0.268 e. The Balaban J connectivity index is 4.03. The van der Waals surface area contributed by atoms with E-state index < -0.39 is 26.6 Å². The second-order valence-corrected chi connectivity index (χ2v) is 22.4. The largest absolute Gasteiger partial charge is 0.756 e. The van der Waals surface area contributed by atoms with Crippen molar-refractivity contribution in [1.29, 1.82) is 0 Å². The third-order valence-electron chi connectivity index (χ3n) is 13.0. The summed E-state index contributed by atoms with van der Waals surface area (Å²) in [7, 11) is 1.25. The van der Waals surface area contributed by atoms with Gasteiger partial charge in [-0.15, -0.1) is 0 Å². The molecule has 400 valence electrons. The van der Waals surface area contributed by atoms with Gasteiger partial charge in [-0.2, -0.15) is 0 Å². The highest BCUT2D eigenvalue weighted by atomic mass is 31.2. The van der Waals surface area contributed by atoms with Crippen LogP contribution in [0.2, 0.25) is 0 Å². The number of phosphoric ester groups is 1. The molecule has 2 N–H and O–H groups in total. The molecule has 3 unspecified atom stereocenters. The van der Waals surface area contributed by atoms with E-state index in [4.69, 9.17) is 9.05 Å². The highest BCUT2D eigenvalue weighted by Gasteiger charge is 2.23. The zero-order chi connectivity index (χ0) is 49.9. The number of carbonyl (C=O) groups is 1. The molecular weight excluding hydrogens is 864 g/mol. The van der Waals surface area contributed by atoms with Crippen LogP contribution in [0.25, 0.3) is 0 Å². The topological polar surface area (TPSA) is 108 Å².